The van der Waals surface area contributed by atoms with Gasteiger partial charge in [-0.2, -0.15) is 0 Å². The average Bonchev–Trinajstić information content (AvgIpc) is 2.29. The minimum Gasteiger partial charge on any atom is -0.374 e. The standard InChI is InChI=1S/C14H30O3Si/c1-6-15-18(16-7-2,17-8-3)13-11-9-10-12-14(4)5/h4,6-13H2,1-3,5H3. The summed E-state index contributed by atoms with van der Waals surface area (Å²) in [6.45, 7) is 14.0. The Labute approximate surface area is 114 Å². The van der Waals surface area contributed by atoms with Crippen molar-refractivity contribution in [3.8, 4) is 0 Å². The highest BCUT2D eigenvalue weighted by atomic mass is 28.4. The first kappa shape index (κ1) is 17.8. The molecule has 0 aliphatic heterocycles. The lowest BCUT2D eigenvalue weighted by atomic mass is 10.1. The van der Waals surface area contributed by atoms with E-state index in [1.165, 1.54) is 18.4 Å². The van der Waals surface area contributed by atoms with Gasteiger partial charge in [0.15, 0.2) is 0 Å². The Balaban J connectivity index is 4.08. The Morgan fingerprint density at radius 2 is 1.39 bits per heavy atom. The van der Waals surface area contributed by atoms with E-state index in [-0.39, 0.29) is 0 Å². The number of allylic oxidation sites excluding steroid dienone is 1. The number of rotatable bonds is 12. The summed E-state index contributed by atoms with van der Waals surface area (Å²) in [4.78, 5) is 0. The van der Waals surface area contributed by atoms with E-state index in [0.717, 1.165) is 18.9 Å². The first-order valence-corrected chi connectivity index (χ1v) is 9.09. The van der Waals surface area contributed by atoms with E-state index in [1.54, 1.807) is 0 Å². The molecule has 0 heterocycles. The van der Waals surface area contributed by atoms with Crippen LogP contribution in [-0.2, 0) is 13.3 Å². The van der Waals surface area contributed by atoms with Gasteiger partial charge in [0.05, 0.1) is 0 Å². The third-order valence-electron chi connectivity index (χ3n) is 2.68. The molecule has 0 aromatic rings. The van der Waals surface area contributed by atoms with Crippen molar-refractivity contribution in [2.75, 3.05) is 19.8 Å². The summed E-state index contributed by atoms with van der Waals surface area (Å²) < 4.78 is 17.4. The van der Waals surface area contributed by atoms with E-state index in [4.69, 9.17) is 13.3 Å². The predicted octanol–water partition coefficient (Wildman–Crippen LogP) is 4.17. The third-order valence-corrected chi connectivity index (χ3v) is 5.83. The van der Waals surface area contributed by atoms with Gasteiger partial charge in [-0.3, -0.25) is 0 Å². The molecular weight excluding hydrogens is 244 g/mol. The summed E-state index contributed by atoms with van der Waals surface area (Å²) in [6.07, 6.45) is 4.62. The van der Waals surface area contributed by atoms with Crippen molar-refractivity contribution < 1.29 is 13.3 Å². The van der Waals surface area contributed by atoms with Gasteiger partial charge in [-0.15, -0.1) is 6.58 Å². The largest absolute Gasteiger partial charge is 0.500 e. The van der Waals surface area contributed by atoms with E-state index in [9.17, 15) is 0 Å². The monoisotopic (exact) mass is 274 g/mol. The molecule has 18 heavy (non-hydrogen) atoms. The lowest BCUT2D eigenvalue weighted by Gasteiger charge is -2.28. The fourth-order valence-electron chi connectivity index (χ4n) is 1.95. The van der Waals surface area contributed by atoms with E-state index >= 15 is 0 Å². The second-order valence-electron chi connectivity index (χ2n) is 4.50. The Kier molecular flexibility index (Phi) is 10.6. The molecular formula is C14H30O3Si. The molecule has 0 saturated heterocycles. The molecule has 0 aliphatic rings. The van der Waals surface area contributed by atoms with Crippen molar-refractivity contribution in [3.05, 3.63) is 12.2 Å². The van der Waals surface area contributed by atoms with Crippen LogP contribution in [0.4, 0.5) is 0 Å². The molecule has 0 spiro atoms. The van der Waals surface area contributed by atoms with E-state index < -0.39 is 8.80 Å². The summed E-state index contributed by atoms with van der Waals surface area (Å²) in [7, 11) is -2.40. The molecule has 108 valence electrons. The van der Waals surface area contributed by atoms with Crippen LogP contribution in [0.2, 0.25) is 6.04 Å². The summed E-state index contributed by atoms with van der Waals surface area (Å²) >= 11 is 0. The van der Waals surface area contributed by atoms with Crippen LogP contribution in [0.25, 0.3) is 0 Å². The van der Waals surface area contributed by atoms with E-state index in [1.807, 2.05) is 20.8 Å². The maximum atomic E-state index is 5.81. The van der Waals surface area contributed by atoms with Crippen molar-refractivity contribution in [1.29, 1.82) is 0 Å². The van der Waals surface area contributed by atoms with Gasteiger partial charge in [-0.25, -0.2) is 0 Å². The van der Waals surface area contributed by atoms with Crippen LogP contribution in [0, 0.1) is 0 Å². The van der Waals surface area contributed by atoms with Crippen molar-refractivity contribution in [3.63, 3.8) is 0 Å². The topological polar surface area (TPSA) is 27.7 Å². The Morgan fingerprint density at radius 3 is 1.78 bits per heavy atom. The molecule has 0 atom stereocenters. The zero-order chi connectivity index (χ0) is 13.9. The zero-order valence-corrected chi connectivity index (χ0v) is 13.6. The molecule has 4 heteroatoms. The third kappa shape index (κ3) is 8.03. The van der Waals surface area contributed by atoms with Crippen LogP contribution in [0.3, 0.4) is 0 Å². The molecule has 0 amide bonds. The highest BCUT2D eigenvalue weighted by molar-refractivity contribution is 6.60. The Bertz CT molecular complexity index is 202. The van der Waals surface area contributed by atoms with Crippen LogP contribution in [0.1, 0.15) is 53.4 Å². The van der Waals surface area contributed by atoms with Gasteiger partial charge in [0.2, 0.25) is 0 Å². The van der Waals surface area contributed by atoms with Crippen molar-refractivity contribution in [1.82, 2.24) is 0 Å². The molecule has 0 aromatic heterocycles. The summed E-state index contributed by atoms with van der Waals surface area (Å²) in [5, 5.41) is 0. The van der Waals surface area contributed by atoms with Gasteiger partial charge in [0.1, 0.15) is 0 Å². The summed E-state index contributed by atoms with van der Waals surface area (Å²) in [6, 6.07) is 0.929. The van der Waals surface area contributed by atoms with Crippen LogP contribution >= 0.6 is 0 Å². The first-order valence-electron chi connectivity index (χ1n) is 7.16. The van der Waals surface area contributed by atoms with E-state index in [0.29, 0.717) is 19.8 Å². The van der Waals surface area contributed by atoms with E-state index in [2.05, 4.69) is 13.5 Å². The number of hydrogen-bond acceptors (Lipinski definition) is 3. The molecule has 0 rings (SSSR count). The number of hydrogen-bond donors (Lipinski definition) is 0. The van der Waals surface area contributed by atoms with Crippen molar-refractivity contribution >= 4 is 8.80 Å². The predicted molar refractivity (Wildman–Crippen MR) is 78.7 cm³/mol. The number of unbranched alkanes of at least 4 members (excludes halogenated alkanes) is 2. The van der Waals surface area contributed by atoms with Crippen LogP contribution in [0.5, 0.6) is 0 Å². The molecule has 0 radical (unpaired) electrons. The van der Waals surface area contributed by atoms with Crippen LogP contribution in [0.15, 0.2) is 12.2 Å². The lowest BCUT2D eigenvalue weighted by Crippen LogP contribution is -2.45. The minimum atomic E-state index is -2.40. The zero-order valence-electron chi connectivity index (χ0n) is 12.6. The highest BCUT2D eigenvalue weighted by Gasteiger charge is 2.39. The lowest BCUT2D eigenvalue weighted by molar-refractivity contribution is 0.0706. The molecule has 0 aromatic carbocycles. The van der Waals surface area contributed by atoms with Gasteiger partial charge in [0.25, 0.3) is 0 Å². The first-order chi connectivity index (χ1) is 8.60. The maximum absolute atomic E-state index is 5.81. The normalized spacial score (nSPS) is 11.8. The molecule has 0 N–H and O–H groups in total. The molecule has 0 unspecified atom stereocenters. The quantitative estimate of drug-likeness (QED) is 0.304. The smallest absolute Gasteiger partial charge is 0.374 e. The molecule has 3 nitrogen and oxygen atoms in total. The Hall–Kier alpha value is -0.163. The van der Waals surface area contributed by atoms with Crippen LogP contribution < -0.4 is 0 Å². The van der Waals surface area contributed by atoms with Gasteiger partial charge in [-0.1, -0.05) is 12.0 Å². The molecule has 0 aliphatic carbocycles. The second kappa shape index (κ2) is 10.7. The highest BCUT2D eigenvalue weighted by Crippen LogP contribution is 2.20. The fraction of sp³-hybridized carbons (Fsp3) is 0.857. The fourth-order valence-corrected chi connectivity index (χ4v) is 4.63. The van der Waals surface area contributed by atoms with Crippen LogP contribution in [-0.4, -0.2) is 28.6 Å². The summed E-state index contributed by atoms with van der Waals surface area (Å²) in [5.41, 5.74) is 1.26. The van der Waals surface area contributed by atoms with Crippen molar-refractivity contribution in [2.45, 2.75) is 59.4 Å². The van der Waals surface area contributed by atoms with Crippen molar-refractivity contribution in [2.24, 2.45) is 0 Å². The van der Waals surface area contributed by atoms with Gasteiger partial charge >= 0.3 is 8.80 Å². The van der Waals surface area contributed by atoms with Gasteiger partial charge < -0.3 is 13.3 Å². The molecule has 0 bridgehead atoms. The van der Waals surface area contributed by atoms with Gasteiger partial charge in [0, 0.05) is 25.9 Å². The van der Waals surface area contributed by atoms with Gasteiger partial charge in [-0.05, 0) is 47.0 Å². The average molecular weight is 274 g/mol. The molecule has 0 fully saturated rings. The Morgan fingerprint density at radius 1 is 0.889 bits per heavy atom. The second-order valence-corrected chi connectivity index (χ2v) is 7.23. The maximum Gasteiger partial charge on any atom is 0.500 e. The SMILES string of the molecule is C=C(C)CCCCC[Si](OCC)(OCC)OCC. The molecule has 0 saturated carbocycles. The summed E-state index contributed by atoms with van der Waals surface area (Å²) in [5.74, 6) is 0. The minimum absolute atomic E-state index is 0.665.